The molecule has 0 aliphatic rings. The number of ether oxygens (including phenoxy) is 1. The van der Waals surface area contributed by atoms with Crippen molar-refractivity contribution in [2.45, 2.75) is 34.5 Å². The number of aromatic nitrogens is 3. The van der Waals surface area contributed by atoms with Gasteiger partial charge < -0.3 is 19.8 Å². The Hall–Kier alpha value is -6.92. The van der Waals surface area contributed by atoms with Crippen molar-refractivity contribution >= 4 is 164 Å². The van der Waals surface area contributed by atoms with Gasteiger partial charge in [0.2, 0.25) is 11.0 Å². The number of methoxy groups -OCH3 is 1. The van der Waals surface area contributed by atoms with E-state index in [0.29, 0.717) is 29.3 Å². The van der Waals surface area contributed by atoms with Crippen molar-refractivity contribution < 1.29 is 96.1 Å². The first-order chi connectivity index (χ1) is 39.6. The average molecular weight is 1320 g/mol. The number of imidazole rings is 1. The Morgan fingerprint density at radius 1 is 0.786 bits per heavy atom. The topological polar surface area (TPSA) is 476 Å². The van der Waals surface area contributed by atoms with Gasteiger partial charge in [0.15, 0.2) is 17.1 Å². The van der Waals surface area contributed by atoms with Crippen LogP contribution in [0.3, 0.4) is 0 Å². The average Bonchev–Trinajstić information content (AvgIpc) is 1.86. The van der Waals surface area contributed by atoms with Gasteiger partial charge in [-0.05, 0) is 73.7 Å². The Morgan fingerprint density at radius 3 is 2.11 bits per heavy atom. The minimum Gasteiger partial charge on any atom is -0.505 e. The fourth-order valence-corrected chi connectivity index (χ4v) is 12.3. The van der Waals surface area contributed by atoms with Crippen LogP contribution in [0.5, 0.6) is 17.4 Å². The van der Waals surface area contributed by atoms with Gasteiger partial charge in [0.1, 0.15) is 49.9 Å². The van der Waals surface area contributed by atoms with Crippen LogP contribution in [-0.2, 0) is 59.2 Å². The molecule has 0 amide bonds. The third kappa shape index (κ3) is 15.7. The molecule has 0 saturated carbocycles. The number of phenols is 1. The van der Waals surface area contributed by atoms with E-state index >= 15 is 0 Å². The van der Waals surface area contributed by atoms with Gasteiger partial charge in [0.05, 0.1) is 68.0 Å². The first kappa shape index (κ1) is 64.6. The summed E-state index contributed by atoms with van der Waals surface area (Å²) in [6.45, 7) is 1.41. The third-order valence-corrected chi connectivity index (χ3v) is 16.7. The van der Waals surface area contributed by atoms with Crippen molar-refractivity contribution in [1.29, 1.82) is 5.26 Å². The number of thiazole rings is 1. The van der Waals surface area contributed by atoms with Gasteiger partial charge in [0.25, 0.3) is 40.5 Å². The van der Waals surface area contributed by atoms with Gasteiger partial charge in [0, 0.05) is 47.9 Å². The van der Waals surface area contributed by atoms with Gasteiger partial charge in [-0.25, -0.2) is 20.5 Å². The standard InChI is InChI=1S/C43H36ClN11O18S6.CH4O3S/c1-21-24(20-45)41-46-26-7-3-4-8-31(26)55(41)42(57)36(21)51-50-30-17-23-22(16-35(30)78(63,64)65)15-34(76-73-71-59)37(38(23)56)52-48-28-19-33(69-2)29(18-32(28)54(11-5-13-74-72-70-58)12-6-14-77(60,61)62)49-53-43-47-27-10-9-25(44)40(39(27)75-43)79(66,67)68;1-5(2,3)4/h3-4,7-10,15-19,56-59H,5-6,11-14H2,1-2H3,(H,60,61,62)(H,63,64,65)(H,66,67,68);1H3,(H,2,3,4). The molecule has 0 aliphatic carbocycles. The lowest BCUT2D eigenvalue weighted by atomic mass is 10.1. The number of azo groups is 3. The number of benzene rings is 5. The first-order valence-electron chi connectivity index (χ1n) is 22.8. The molecular formula is C44H40ClN11O21S7. The van der Waals surface area contributed by atoms with Crippen molar-refractivity contribution in [1.82, 2.24) is 14.4 Å². The normalized spacial score (nSPS) is 12.6. The SMILES string of the molecule is COc1cc(N=Nc2c(SOOO)cc3cc(S(=O)(=O)O)c(N=Nc4c(C)c(C#N)c5nc6ccccc6n5c4O)cc3c2O)c(N(CCCSOOO)CCCS(=O)(=O)O)cc1N=Nc1nc2ccc(Cl)c(S(=O)(=O)O)c2s1.CS(=O)(=O)O. The first-order valence-corrected chi connectivity index (χ1v) is 32.0. The lowest BCUT2D eigenvalue weighted by molar-refractivity contribution is -0.432. The fourth-order valence-electron chi connectivity index (χ4n) is 7.88. The maximum atomic E-state index is 12.9. The smallest absolute Gasteiger partial charge is 0.297 e. The van der Waals surface area contributed by atoms with E-state index in [1.54, 1.807) is 29.2 Å². The van der Waals surface area contributed by atoms with Crippen molar-refractivity contribution in [2.75, 3.05) is 42.9 Å². The number of hydrogen-bond acceptors (Lipinski definition) is 30. The summed E-state index contributed by atoms with van der Waals surface area (Å²) in [5.74, 6) is -1.83. The highest BCUT2D eigenvalue weighted by Gasteiger charge is 2.26. The highest BCUT2D eigenvalue weighted by molar-refractivity contribution is 7.95. The number of nitrogens with zero attached hydrogens (tertiary/aromatic N) is 11. The Balaban J connectivity index is 0.00000194. The number of nitriles is 1. The van der Waals surface area contributed by atoms with Crippen molar-refractivity contribution in [2.24, 2.45) is 30.7 Å². The molecule has 32 nitrogen and oxygen atoms in total. The Labute approximate surface area is 491 Å². The molecule has 0 atom stereocenters. The number of para-hydroxylation sites is 2. The minimum atomic E-state index is -5.15. The number of fused-ring (bicyclic) bond motifs is 5. The molecule has 40 heteroatoms. The molecule has 0 fully saturated rings. The third-order valence-electron chi connectivity index (χ3n) is 11.3. The van der Waals surface area contributed by atoms with E-state index in [1.807, 2.05) is 6.07 Å². The summed E-state index contributed by atoms with van der Waals surface area (Å²) in [7, 11) is -16.9. The van der Waals surface area contributed by atoms with Gasteiger partial charge in [-0.3, -0.25) is 22.6 Å². The van der Waals surface area contributed by atoms with E-state index in [0.717, 1.165) is 23.5 Å². The quantitative estimate of drug-likeness (QED) is 0.00736. The summed E-state index contributed by atoms with van der Waals surface area (Å²) in [6, 6.07) is 17.1. The summed E-state index contributed by atoms with van der Waals surface area (Å²) in [6.07, 6.45) is 0.788. The maximum absolute atomic E-state index is 12.9. The van der Waals surface area contributed by atoms with Gasteiger partial charge in [-0.1, -0.05) is 45.1 Å². The van der Waals surface area contributed by atoms with E-state index in [4.69, 9.17) is 31.4 Å². The van der Waals surface area contributed by atoms with Gasteiger partial charge >= 0.3 is 0 Å². The number of halogens is 1. The highest BCUT2D eigenvalue weighted by atomic mass is 35.5. The summed E-state index contributed by atoms with van der Waals surface area (Å²) >= 11 is 7.81. The summed E-state index contributed by atoms with van der Waals surface area (Å²) < 4.78 is 146. The maximum Gasteiger partial charge on any atom is 0.297 e. The molecule has 0 radical (unpaired) electrons. The number of anilines is 1. The van der Waals surface area contributed by atoms with Crippen molar-refractivity contribution in [3.05, 3.63) is 82.9 Å². The number of hydrogen-bond donors (Lipinski definition) is 8. The zero-order valence-corrected chi connectivity index (χ0v) is 49.1. The summed E-state index contributed by atoms with van der Waals surface area (Å²) in [5, 5.41) is 83.7. The largest absolute Gasteiger partial charge is 0.505 e. The molecule has 8 aromatic rings. The molecule has 0 spiro atoms. The number of phenolic OH excluding ortho intramolecular Hbond substituents is 1. The fraction of sp³-hybridized carbons (Fsp3) is 0.205. The molecule has 0 bridgehead atoms. The highest BCUT2D eigenvalue weighted by Crippen LogP contribution is 2.49. The number of rotatable bonds is 23. The van der Waals surface area contributed by atoms with Crippen LogP contribution in [-0.4, -0.2) is 125 Å². The van der Waals surface area contributed by atoms with Gasteiger partial charge in [-0.2, -0.15) is 38.9 Å². The number of aromatic hydroxyl groups is 2. The molecular weight excluding hydrogens is 1280 g/mol. The molecule has 8 N–H and O–H groups in total. The van der Waals surface area contributed by atoms with Gasteiger partial charge in [-0.15, -0.1) is 39.4 Å². The Bertz CT molecular complexity index is 4460. The zero-order valence-electron chi connectivity index (χ0n) is 42.6. The van der Waals surface area contributed by atoms with Crippen LogP contribution in [0.2, 0.25) is 5.02 Å². The lowest BCUT2D eigenvalue weighted by Crippen LogP contribution is -2.27. The van der Waals surface area contributed by atoms with Crippen LogP contribution >= 0.6 is 47.0 Å². The molecule has 0 saturated heterocycles. The molecule has 3 aromatic heterocycles. The summed E-state index contributed by atoms with van der Waals surface area (Å²) in [5.41, 5.74) is -0.183. The molecule has 0 aliphatic heterocycles. The van der Waals surface area contributed by atoms with Crippen LogP contribution < -0.4 is 9.64 Å². The van der Waals surface area contributed by atoms with E-state index in [1.165, 1.54) is 48.8 Å². The molecule has 446 valence electrons. The summed E-state index contributed by atoms with van der Waals surface area (Å²) in [4.78, 5) is 8.69. The minimum absolute atomic E-state index is 0.000666. The van der Waals surface area contributed by atoms with Crippen LogP contribution in [0.4, 0.5) is 39.3 Å². The predicted octanol–water partition coefficient (Wildman–Crippen LogP) is 10.7. The Kier molecular flexibility index (Phi) is 20.8. The zero-order chi connectivity index (χ0) is 61.5. The second-order valence-corrected chi connectivity index (χ2v) is 25.5. The molecule has 84 heavy (non-hydrogen) atoms. The van der Waals surface area contributed by atoms with Crippen LogP contribution in [0.25, 0.3) is 37.7 Å². The number of pyridine rings is 1. The monoisotopic (exact) mass is 1320 g/mol. The molecule has 3 heterocycles. The van der Waals surface area contributed by atoms with Crippen LogP contribution in [0, 0.1) is 18.3 Å². The molecule has 0 unspecified atom stereocenters. The lowest BCUT2D eigenvalue weighted by Gasteiger charge is -2.26. The van der Waals surface area contributed by atoms with E-state index in [2.05, 4.69) is 59.4 Å². The Morgan fingerprint density at radius 2 is 1.45 bits per heavy atom. The second kappa shape index (κ2) is 27.0. The van der Waals surface area contributed by atoms with Crippen molar-refractivity contribution in [3.8, 4) is 23.4 Å². The van der Waals surface area contributed by atoms with Crippen molar-refractivity contribution in [3.63, 3.8) is 0 Å². The second-order valence-electron chi connectivity index (χ2n) is 16.8. The molecule has 5 aromatic carbocycles. The van der Waals surface area contributed by atoms with Crippen LogP contribution in [0.15, 0.2) is 112 Å². The van der Waals surface area contributed by atoms with E-state index in [9.17, 15) is 62.8 Å². The molecule has 8 rings (SSSR count). The van der Waals surface area contributed by atoms with Crippen LogP contribution in [0.1, 0.15) is 24.0 Å². The van der Waals surface area contributed by atoms with E-state index < -0.39 is 79.0 Å². The van der Waals surface area contributed by atoms with E-state index in [-0.39, 0.29) is 125 Å². The predicted molar refractivity (Wildman–Crippen MR) is 302 cm³/mol.